The number of piperidine rings is 1. The predicted molar refractivity (Wildman–Crippen MR) is 73.3 cm³/mol. The zero-order valence-corrected chi connectivity index (χ0v) is 11.5. The van der Waals surface area contributed by atoms with Gasteiger partial charge in [0.15, 0.2) is 0 Å². The van der Waals surface area contributed by atoms with Crippen LogP contribution < -0.4 is 10.1 Å². The molecule has 1 fully saturated rings. The van der Waals surface area contributed by atoms with Gasteiger partial charge in [0.2, 0.25) is 0 Å². The Morgan fingerprint density at radius 1 is 1.33 bits per heavy atom. The van der Waals surface area contributed by atoms with Crippen LogP contribution in [0.2, 0.25) is 0 Å². The van der Waals surface area contributed by atoms with Gasteiger partial charge in [-0.2, -0.15) is 0 Å². The normalized spacial score (nSPS) is 28.1. The molecule has 2 atom stereocenters. The molecule has 1 aliphatic heterocycles. The molecule has 3 nitrogen and oxygen atoms in total. The molecule has 0 radical (unpaired) electrons. The first kappa shape index (κ1) is 13.4. The molecule has 100 valence electrons. The van der Waals surface area contributed by atoms with Gasteiger partial charge in [0.25, 0.3) is 0 Å². The van der Waals surface area contributed by atoms with Gasteiger partial charge in [0.05, 0.1) is 13.7 Å². The number of hydrogen-bond donors (Lipinski definition) is 1. The first-order valence-electron chi connectivity index (χ1n) is 6.55. The zero-order valence-electron chi connectivity index (χ0n) is 11.5. The van der Waals surface area contributed by atoms with Crippen LogP contribution in [0.5, 0.6) is 5.75 Å². The summed E-state index contributed by atoms with van der Waals surface area (Å²) in [6, 6.07) is 8.35. The maximum atomic E-state index is 5.48. The molecule has 0 spiro atoms. The third-order valence-corrected chi connectivity index (χ3v) is 3.78. The summed E-state index contributed by atoms with van der Waals surface area (Å²) in [6.45, 7) is 4.01. The highest BCUT2D eigenvalue weighted by atomic mass is 16.5. The van der Waals surface area contributed by atoms with Gasteiger partial charge in [0, 0.05) is 12.6 Å². The van der Waals surface area contributed by atoms with Gasteiger partial charge in [-0.3, -0.25) is 0 Å². The van der Waals surface area contributed by atoms with Crippen LogP contribution in [0.15, 0.2) is 24.3 Å². The molecule has 0 aliphatic carbocycles. The van der Waals surface area contributed by atoms with Crippen LogP contribution >= 0.6 is 0 Å². The van der Waals surface area contributed by atoms with E-state index in [2.05, 4.69) is 24.4 Å². The van der Waals surface area contributed by atoms with Crippen molar-refractivity contribution in [1.29, 1.82) is 0 Å². The lowest BCUT2D eigenvalue weighted by atomic mass is 9.79. The van der Waals surface area contributed by atoms with E-state index < -0.39 is 0 Å². The number of nitrogens with one attached hydrogen (secondary N) is 1. The Balaban J connectivity index is 2.18. The molecule has 1 N–H and O–H groups in total. The summed E-state index contributed by atoms with van der Waals surface area (Å²) in [7, 11) is 3.51. The van der Waals surface area contributed by atoms with Crippen LogP contribution in [0.3, 0.4) is 0 Å². The van der Waals surface area contributed by atoms with Gasteiger partial charge in [-0.15, -0.1) is 0 Å². The minimum atomic E-state index is 0.0680. The summed E-state index contributed by atoms with van der Waals surface area (Å²) in [6.07, 6.45) is 2.24. The number of ether oxygens (including phenoxy) is 2. The average Bonchev–Trinajstić information content (AvgIpc) is 2.38. The van der Waals surface area contributed by atoms with Gasteiger partial charge in [-0.05, 0) is 43.9 Å². The van der Waals surface area contributed by atoms with Gasteiger partial charge in [-0.25, -0.2) is 0 Å². The van der Waals surface area contributed by atoms with Crippen molar-refractivity contribution in [2.45, 2.75) is 31.2 Å². The van der Waals surface area contributed by atoms with Crippen LogP contribution in [0.4, 0.5) is 0 Å². The minimum Gasteiger partial charge on any atom is -0.496 e. The molecule has 2 unspecified atom stereocenters. The lowest BCUT2D eigenvalue weighted by Gasteiger charge is -2.39. The van der Waals surface area contributed by atoms with Gasteiger partial charge < -0.3 is 14.8 Å². The molecule has 0 saturated carbocycles. The molecule has 1 aliphatic rings. The van der Waals surface area contributed by atoms with Gasteiger partial charge in [-0.1, -0.05) is 18.2 Å². The Hall–Kier alpha value is -1.06. The number of hydrogen-bond acceptors (Lipinski definition) is 3. The molecule has 1 aromatic carbocycles. The van der Waals surface area contributed by atoms with Crippen LogP contribution in [-0.4, -0.2) is 32.9 Å². The topological polar surface area (TPSA) is 30.5 Å². The van der Waals surface area contributed by atoms with E-state index in [0.29, 0.717) is 5.92 Å². The summed E-state index contributed by atoms with van der Waals surface area (Å²) in [4.78, 5) is 0. The van der Waals surface area contributed by atoms with E-state index in [0.717, 1.165) is 31.7 Å². The van der Waals surface area contributed by atoms with Crippen molar-refractivity contribution in [3.05, 3.63) is 29.8 Å². The zero-order chi connectivity index (χ0) is 13.0. The average molecular weight is 249 g/mol. The van der Waals surface area contributed by atoms with E-state index in [1.807, 2.05) is 12.1 Å². The van der Waals surface area contributed by atoms with E-state index in [9.17, 15) is 0 Å². The maximum Gasteiger partial charge on any atom is 0.122 e. The van der Waals surface area contributed by atoms with Crippen molar-refractivity contribution in [1.82, 2.24) is 5.32 Å². The fraction of sp³-hybridized carbons (Fsp3) is 0.600. The molecular weight excluding hydrogens is 226 g/mol. The molecule has 2 rings (SSSR count). The third-order valence-electron chi connectivity index (χ3n) is 3.78. The summed E-state index contributed by atoms with van der Waals surface area (Å²) in [5, 5.41) is 3.57. The second-order valence-corrected chi connectivity index (χ2v) is 5.35. The van der Waals surface area contributed by atoms with Crippen molar-refractivity contribution >= 4 is 0 Å². The van der Waals surface area contributed by atoms with E-state index in [1.54, 1.807) is 14.2 Å². The van der Waals surface area contributed by atoms with Crippen LogP contribution in [-0.2, 0) is 4.74 Å². The van der Waals surface area contributed by atoms with Crippen molar-refractivity contribution in [3.8, 4) is 5.75 Å². The standard InChI is InChI=1S/C15H23NO2/c1-15(11-17-2)10-12(8-9-16-15)13-6-4-5-7-14(13)18-3/h4-7,12,16H,8-11H2,1-3H3. The van der Waals surface area contributed by atoms with E-state index in [1.165, 1.54) is 5.56 Å². The summed E-state index contributed by atoms with van der Waals surface area (Å²) >= 11 is 0. The van der Waals surface area contributed by atoms with E-state index in [-0.39, 0.29) is 5.54 Å². The third kappa shape index (κ3) is 2.85. The van der Waals surface area contributed by atoms with Crippen LogP contribution in [0, 0.1) is 0 Å². The maximum absolute atomic E-state index is 5.48. The highest BCUT2D eigenvalue weighted by Gasteiger charge is 2.33. The van der Waals surface area contributed by atoms with Crippen LogP contribution in [0.25, 0.3) is 0 Å². The smallest absolute Gasteiger partial charge is 0.122 e. The van der Waals surface area contributed by atoms with Crippen molar-refractivity contribution in [3.63, 3.8) is 0 Å². The van der Waals surface area contributed by atoms with Crippen molar-refractivity contribution < 1.29 is 9.47 Å². The first-order chi connectivity index (χ1) is 8.68. The van der Waals surface area contributed by atoms with Gasteiger partial charge in [0.1, 0.15) is 5.75 Å². The molecular formula is C15H23NO2. The van der Waals surface area contributed by atoms with E-state index >= 15 is 0 Å². The Labute approximate surface area is 109 Å². The predicted octanol–water partition coefficient (Wildman–Crippen LogP) is 2.57. The van der Waals surface area contributed by atoms with Gasteiger partial charge >= 0.3 is 0 Å². The second-order valence-electron chi connectivity index (χ2n) is 5.35. The fourth-order valence-corrected chi connectivity index (χ4v) is 2.96. The van der Waals surface area contributed by atoms with E-state index in [4.69, 9.17) is 9.47 Å². The first-order valence-corrected chi connectivity index (χ1v) is 6.55. The highest BCUT2D eigenvalue weighted by Crippen LogP contribution is 2.37. The lowest BCUT2D eigenvalue weighted by Crippen LogP contribution is -2.51. The van der Waals surface area contributed by atoms with Crippen LogP contribution in [0.1, 0.15) is 31.2 Å². The molecule has 3 heteroatoms. The number of para-hydroxylation sites is 1. The Morgan fingerprint density at radius 3 is 2.83 bits per heavy atom. The minimum absolute atomic E-state index is 0.0680. The number of methoxy groups -OCH3 is 2. The lowest BCUT2D eigenvalue weighted by molar-refractivity contribution is 0.0943. The van der Waals surface area contributed by atoms with Crippen molar-refractivity contribution in [2.75, 3.05) is 27.4 Å². The highest BCUT2D eigenvalue weighted by molar-refractivity contribution is 5.36. The molecule has 1 aromatic rings. The molecule has 1 heterocycles. The SMILES string of the molecule is COCC1(C)CC(c2ccccc2OC)CCN1. The Kier molecular flexibility index (Phi) is 4.25. The largest absolute Gasteiger partial charge is 0.496 e. The summed E-state index contributed by atoms with van der Waals surface area (Å²) < 4.78 is 10.8. The molecule has 18 heavy (non-hydrogen) atoms. The number of rotatable bonds is 4. The monoisotopic (exact) mass is 249 g/mol. The fourth-order valence-electron chi connectivity index (χ4n) is 2.96. The molecule has 0 amide bonds. The Bertz CT molecular complexity index is 390. The molecule has 1 saturated heterocycles. The quantitative estimate of drug-likeness (QED) is 0.889. The van der Waals surface area contributed by atoms with Crippen molar-refractivity contribution in [2.24, 2.45) is 0 Å². The molecule has 0 bridgehead atoms. The summed E-state index contributed by atoms with van der Waals surface area (Å²) in [5.74, 6) is 1.55. The second kappa shape index (κ2) is 5.72. The summed E-state index contributed by atoms with van der Waals surface area (Å²) in [5.41, 5.74) is 1.39. The molecule has 0 aromatic heterocycles. The number of benzene rings is 1. The Morgan fingerprint density at radius 2 is 2.11 bits per heavy atom.